The fourth-order valence-corrected chi connectivity index (χ4v) is 2.62. The molecule has 1 aliphatic heterocycles. The maximum Gasteiger partial charge on any atom is 0.223 e. The zero-order valence-electron chi connectivity index (χ0n) is 12.0. The molecule has 2 rings (SSSR count). The Balaban J connectivity index is 1.87. The van der Waals surface area contributed by atoms with Gasteiger partial charge in [-0.2, -0.15) is 0 Å². The van der Waals surface area contributed by atoms with Gasteiger partial charge in [0.15, 0.2) is 0 Å². The van der Waals surface area contributed by atoms with Crippen LogP contribution in [-0.4, -0.2) is 46.3 Å². The van der Waals surface area contributed by atoms with E-state index in [1.165, 1.54) is 5.56 Å². The lowest BCUT2D eigenvalue weighted by molar-refractivity contribution is -0.140. The maximum absolute atomic E-state index is 12.2. The summed E-state index contributed by atoms with van der Waals surface area (Å²) in [7, 11) is 0. The highest BCUT2D eigenvalue weighted by atomic mass is 16.3. The molecule has 1 aromatic rings. The lowest BCUT2D eigenvalue weighted by Gasteiger charge is -2.38. The highest BCUT2D eigenvalue weighted by molar-refractivity contribution is 5.76. The third kappa shape index (κ3) is 3.81. The average Bonchev–Trinajstić information content (AvgIpc) is 2.46. The van der Waals surface area contributed by atoms with Crippen LogP contribution in [0.5, 0.6) is 0 Å². The van der Waals surface area contributed by atoms with Crippen LogP contribution in [0.25, 0.3) is 0 Å². The third-order valence-electron chi connectivity index (χ3n) is 3.95. The standard InChI is InChI=1S/C16H23NO3/c1-13-3-5-14(6-4-13)7-8-15(19)17-10-2-9-16(20,11-17)12-18/h3-6,18,20H,2,7-12H2,1H3/t16-/m0/s1. The minimum Gasteiger partial charge on any atom is -0.393 e. The first-order valence-electron chi connectivity index (χ1n) is 7.19. The number of hydrogen-bond donors (Lipinski definition) is 2. The van der Waals surface area contributed by atoms with Crippen LogP contribution in [0, 0.1) is 6.92 Å². The number of rotatable bonds is 4. The molecule has 0 spiro atoms. The van der Waals surface area contributed by atoms with Gasteiger partial charge in [0.25, 0.3) is 0 Å². The second kappa shape index (κ2) is 6.37. The van der Waals surface area contributed by atoms with E-state index in [0.717, 1.165) is 12.0 Å². The third-order valence-corrected chi connectivity index (χ3v) is 3.95. The van der Waals surface area contributed by atoms with Gasteiger partial charge in [0.2, 0.25) is 5.91 Å². The molecule has 1 aromatic carbocycles. The van der Waals surface area contributed by atoms with Crippen molar-refractivity contribution in [2.45, 2.75) is 38.2 Å². The topological polar surface area (TPSA) is 60.8 Å². The van der Waals surface area contributed by atoms with Gasteiger partial charge in [-0.1, -0.05) is 29.8 Å². The van der Waals surface area contributed by atoms with Crippen LogP contribution in [0.4, 0.5) is 0 Å². The van der Waals surface area contributed by atoms with Crippen LogP contribution in [0.3, 0.4) is 0 Å². The molecule has 0 aromatic heterocycles. The number of aryl methyl sites for hydroxylation is 2. The first-order chi connectivity index (χ1) is 9.52. The average molecular weight is 277 g/mol. The van der Waals surface area contributed by atoms with Crippen LogP contribution >= 0.6 is 0 Å². The van der Waals surface area contributed by atoms with Gasteiger partial charge in [-0.25, -0.2) is 0 Å². The summed E-state index contributed by atoms with van der Waals surface area (Å²) in [6.07, 6.45) is 2.47. The van der Waals surface area contributed by atoms with Crippen molar-refractivity contribution >= 4 is 5.91 Å². The van der Waals surface area contributed by atoms with Crippen LogP contribution in [0.2, 0.25) is 0 Å². The zero-order chi connectivity index (χ0) is 14.6. The molecule has 1 saturated heterocycles. The predicted molar refractivity (Wildman–Crippen MR) is 77.3 cm³/mol. The SMILES string of the molecule is Cc1ccc(CCC(=O)N2CCC[C@@](O)(CO)C2)cc1. The fraction of sp³-hybridized carbons (Fsp3) is 0.562. The Hall–Kier alpha value is -1.39. The molecular formula is C16H23NO3. The number of amides is 1. The van der Waals surface area contributed by atoms with Gasteiger partial charge >= 0.3 is 0 Å². The molecule has 1 fully saturated rings. The molecule has 0 bridgehead atoms. The molecule has 110 valence electrons. The van der Waals surface area contributed by atoms with E-state index in [1.54, 1.807) is 4.90 Å². The predicted octanol–water partition coefficient (Wildman–Crippen LogP) is 1.27. The van der Waals surface area contributed by atoms with Gasteiger partial charge < -0.3 is 15.1 Å². The quantitative estimate of drug-likeness (QED) is 0.871. The highest BCUT2D eigenvalue weighted by Crippen LogP contribution is 2.21. The molecule has 0 saturated carbocycles. The number of aliphatic hydroxyl groups excluding tert-OH is 1. The van der Waals surface area contributed by atoms with E-state index in [4.69, 9.17) is 0 Å². The first-order valence-corrected chi connectivity index (χ1v) is 7.19. The number of hydrogen-bond acceptors (Lipinski definition) is 3. The Morgan fingerprint density at radius 3 is 2.70 bits per heavy atom. The van der Waals surface area contributed by atoms with Crippen molar-refractivity contribution < 1.29 is 15.0 Å². The number of β-amino-alcohol motifs (C(OH)–C–C–N with tert-alkyl or cyclic N) is 1. The Bertz CT molecular complexity index is 457. The summed E-state index contributed by atoms with van der Waals surface area (Å²) in [5, 5.41) is 19.3. The number of nitrogens with zero attached hydrogens (tertiary/aromatic N) is 1. The largest absolute Gasteiger partial charge is 0.393 e. The zero-order valence-corrected chi connectivity index (χ0v) is 12.0. The lowest BCUT2D eigenvalue weighted by Crippen LogP contribution is -2.52. The van der Waals surface area contributed by atoms with Gasteiger partial charge in [-0.3, -0.25) is 4.79 Å². The number of piperidine rings is 1. The molecule has 2 N–H and O–H groups in total. The molecule has 1 heterocycles. The molecule has 4 heteroatoms. The van der Waals surface area contributed by atoms with Crippen molar-refractivity contribution in [2.75, 3.05) is 19.7 Å². The van der Waals surface area contributed by atoms with Crippen molar-refractivity contribution in [1.82, 2.24) is 4.90 Å². The van der Waals surface area contributed by atoms with Crippen LogP contribution in [-0.2, 0) is 11.2 Å². The Morgan fingerprint density at radius 2 is 2.05 bits per heavy atom. The summed E-state index contributed by atoms with van der Waals surface area (Å²) in [6.45, 7) is 2.68. The number of aliphatic hydroxyl groups is 2. The monoisotopic (exact) mass is 277 g/mol. The second-order valence-corrected chi connectivity index (χ2v) is 5.79. The summed E-state index contributed by atoms with van der Waals surface area (Å²) in [6, 6.07) is 8.18. The summed E-state index contributed by atoms with van der Waals surface area (Å²) >= 11 is 0. The van der Waals surface area contributed by atoms with E-state index >= 15 is 0 Å². The molecule has 0 aliphatic carbocycles. The number of benzene rings is 1. The van der Waals surface area contributed by atoms with Gasteiger partial charge in [-0.15, -0.1) is 0 Å². The molecule has 1 aliphatic rings. The minimum absolute atomic E-state index is 0.0529. The molecular weight excluding hydrogens is 254 g/mol. The molecule has 0 unspecified atom stereocenters. The smallest absolute Gasteiger partial charge is 0.223 e. The minimum atomic E-state index is -1.11. The van der Waals surface area contributed by atoms with Crippen LogP contribution in [0.15, 0.2) is 24.3 Å². The Kier molecular flexibility index (Phi) is 4.78. The molecule has 4 nitrogen and oxygen atoms in total. The Morgan fingerprint density at radius 1 is 1.35 bits per heavy atom. The number of carbonyl (C=O) groups excluding carboxylic acids is 1. The van der Waals surface area contributed by atoms with Gasteiger partial charge in [-0.05, 0) is 31.7 Å². The summed E-state index contributed by atoms with van der Waals surface area (Å²) in [4.78, 5) is 13.8. The van der Waals surface area contributed by atoms with Gasteiger partial charge in [0, 0.05) is 13.0 Å². The van der Waals surface area contributed by atoms with E-state index in [2.05, 4.69) is 0 Å². The van der Waals surface area contributed by atoms with Crippen molar-refractivity contribution in [3.63, 3.8) is 0 Å². The Labute approximate surface area is 120 Å². The molecule has 20 heavy (non-hydrogen) atoms. The van der Waals surface area contributed by atoms with Gasteiger partial charge in [0.1, 0.15) is 5.60 Å². The maximum atomic E-state index is 12.2. The van der Waals surface area contributed by atoms with E-state index in [0.29, 0.717) is 25.8 Å². The molecule has 1 atom stereocenters. The van der Waals surface area contributed by atoms with E-state index < -0.39 is 5.60 Å². The van der Waals surface area contributed by atoms with Crippen molar-refractivity contribution in [2.24, 2.45) is 0 Å². The van der Waals surface area contributed by atoms with Crippen molar-refractivity contribution in [3.05, 3.63) is 35.4 Å². The van der Waals surface area contributed by atoms with Crippen molar-refractivity contribution in [1.29, 1.82) is 0 Å². The fourth-order valence-electron chi connectivity index (χ4n) is 2.62. The summed E-state index contributed by atoms with van der Waals surface area (Å²) in [5.41, 5.74) is 1.25. The van der Waals surface area contributed by atoms with Crippen LogP contribution < -0.4 is 0 Å². The van der Waals surface area contributed by atoms with Crippen LogP contribution in [0.1, 0.15) is 30.4 Å². The number of carbonyl (C=O) groups is 1. The van der Waals surface area contributed by atoms with Gasteiger partial charge in [0.05, 0.1) is 13.2 Å². The van der Waals surface area contributed by atoms with Crippen molar-refractivity contribution in [3.8, 4) is 0 Å². The normalized spacial score (nSPS) is 22.9. The van der Waals surface area contributed by atoms with E-state index in [-0.39, 0.29) is 19.1 Å². The van der Waals surface area contributed by atoms with E-state index in [9.17, 15) is 15.0 Å². The molecule has 0 radical (unpaired) electrons. The first kappa shape index (κ1) is 15.0. The highest BCUT2D eigenvalue weighted by Gasteiger charge is 2.34. The second-order valence-electron chi connectivity index (χ2n) is 5.79. The lowest BCUT2D eigenvalue weighted by atomic mass is 9.93. The van der Waals surface area contributed by atoms with E-state index in [1.807, 2.05) is 31.2 Å². The summed E-state index contributed by atoms with van der Waals surface area (Å²) in [5.74, 6) is 0.0529. The number of likely N-dealkylation sites (tertiary alicyclic amines) is 1. The molecule has 1 amide bonds. The summed E-state index contributed by atoms with van der Waals surface area (Å²) < 4.78 is 0.